The maximum atomic E-state index is 13.6. The Morgan fingerprint density at radius 3 is 2.18 bits per heavy atom. The van der Waals surface area contributed by atoms with Crippen molar-refractivity contribution >= 4 is 23.2 Å². The summed E-state index contributed by atoms with van der Waals surface area (Å²) in [5.41, 5.74) is 1.12. The smallest absolute Gasteiger partial charge is 0.165 e. The molecule has 1 nitrogen and oxygen atoms in total. The average Bonchev–Trinajstić information content (AvgIpc) is 2.29. The first-order chi connectivity index (χ1) is 8.15. The van der Waals surface area contributed by atoms with Crippen LogP contribution in [0.3, 0.4) is 0 Å². The lowest BCUT2D eigenvalue weighted by Gasteiger charge is -2.12. The van der Waals surface area contributed by atoms with Crippen LogP contribution in [0, 0.1) is 5.82 Å². The third-order valence-corrected chi connectivity index (χ3v) is 3.03. The molecule has 0 saturated carbocycles. The molecular formula is C13H9Cl2FO. The number of hydrogen-bond donors (Lipinski definition) is 0. The standard InChI is InChI=1S/C13H9Cl2FO/c1-17-13-8(4-2-7-11(13)16)12-9(14)5-3-6-10(12)15/h2-7H,1H3. The molecule has 0 N–H and O–H groups in total. The molecule has 0 aliphatic carbocycles. The van der Waals surface area contributed by atoms with Crippen molar-refractivity contribution in [2.45, 2.75) is 0 Å². The summed E-state index contributed by atoms with van der Waals surface area (Å²) in [7, 11) is 1.41. The summed E-state index contributed by atoms with van der Waals surface area (Å²) >= 11 is 12.2. The fourth-order valence-electron chi connectivity index (χ4n) is 1.67. The van der Waals surface area contributed by atoms with Gasteiger partial charge in [0.1, 0.15) is 0 Å². The summed E-state index contributed by atoms with van der Waals surface area (Å²) in [6.07, 6.45) is 0. The highest BCUT2D eigenvalue weighted by Crippen LogP contribution is 2.40. The Hall–Kier alpha value is -1.25. The van der Waals surface area contributed by atoms with Gasteiger partial charge in [-0.2, -0.15) is 0 Å². The lowest BCUT2D eigenvalue weighted by atomic mass is 10.0. The van der Waals surface area contributed by atoms with Gasteiger partial charge >= 0.3 is 0 Å². The van der Waals surface area contributed by atoms with Crippen LogP contribution in [0.25, 0.3) is 11.1 Å². The topological polar surface area (TPSA) is 9.23 Å². The molecule has 0 aliphatic heterocycles. The van der Waals surface area contributed by atoms with Crippen molar-refractivity contribution in [2.24, 2.45) is 0 Å². The second kappa shape index (κ2) is 4.94. The van der Waals surface area contributed by atoms with Crippen LogP contribution in [0.1, 0.15) is 0 Å². The van der Waals surface area contributed by atoms with Gasteiger partial charge in [-0.1, -0.05) is 41.4 Å². The van der Waals surface area contributed by atoms with E-state index < -0.39 is 5.82 Å². The van der Waals surface area contributed by atoms with E-state index in [-0.39, 0.29) is 5.75 Å². The highest BCUT2D eigenvalue weighted by molar-refractivity contribution is 6.39. The van der Waals surface area contributed by atoms with E-state index in [1.807, 2.05) is 0 Å². The van der Waals surface area contributed by atoms with Gasteiger partial charge in [0.2, 0.25) is 0 Å². The zero-order valence-corrected chi connectivity index (χ0v) is 10.5. The van der Waals surface area contributed by atoms with Crippen LogP contribution in [-0.2, 0) is 0 Å². The zero-order valence-electron chi connectivity index (χ0n) is 9.01. The molecule has 0 aliphatic rings. The number of benzene rings is 2. The largest absolute Gasteiger partial charge is 0.493 e. The minimum Gasteiger partial charge on any atom is -0.493 e. The quantitative estimate of drug-likeness (QED) is 0.761. The lowest BCUT2D eigenvalue weighted by molar-refractivity contribution is 0.388. The fourth-order valence-corrected chi connectivity index (χ4v) is 2.27. The maximum Gasteiger partial charge on any atom is 0.165 e. The highest BCUT2D eigenvalue weighted by Gasteiger charge is 2.15. The molecular weight excluding hydrogens is 262 g/mol. The van der Waals surface area contributed by atoms with E-state index in [0.717, 1.165) is 0 Å². The Balaban J connectivity index is 2.73. The lowest BCUT2D eigenvalue weighted by Crippen LogP contribution is -1.92. The van der Waals surface area contributed by atoms with E-state index in [9.17, 15) is 4.39 Å². The predicted molar refractivity (Wildman–Crippen MR) is 68.4 cm³/mol. The molecule has 4 heteroatoms. The van der Waals surface area contributed by atoms with Crippen LogP contribution in [-0.4, -0.2) is 7.11 Å². The first-order valence-corrected chi connectivity index (χ1v) is 5.67. The van der Waals surface area contributed by atoms with Crippen LogP contribution in [0.5, 0.6) is 5.75 Å². The van der Waals surface area contributed by atoms with Gasteiger partial charge in [0.15, 0.2) is 11.6 Å². The van der Waals surface area contributed by atoms with Crippen LogP contribution < -0.4 is 4.74 Å². The molecule has 2 aromatic carbocycles. The summed E-state index contributed by atoms with van der Waals surface area (Å²) in [5, 5.41) is 0.919. The number of hydrogen-bond acceptors (Lipinski definition) is 1. The van der Waals surface area contributed by atoms with Gasteiger partial charge in [0.25, 0.3) is 0 Å². The van der Waals surface area contributed by atoms with Gasteiger partial charge in [-0.3, -0.25) is 0 Å². The Morgan fingerprint density at radius 1 is 1.00 bits per heavy atom. The SMILES string of the molecule is COc1c(F)cccc1-c1c(Cl)cccc1Cl. The molecule has 0 radical (unpaired) electrons. The Morgan fingerprint density at radius 2 is 1.59 bits per heavy atom. The number of rotatable bonds is 2. The second-order valence-electron chi connectivity index (χ2n) is 3.42. The second-order valence-corrected chi connectivity index (χ2v) is 4.23. The minimum absolute atomic E-state index is 0.141. The fraction of sp³-hybridized carbons (Fsp3) is 0.0769. The van der Waals surface area contributed by atoms with Crippen LogP contribution in [0.2, 0.25) is 10.0 Å². The van der Waals surface area contributed by atoms with Gasteiger partial charge in [0.05, 0.1) is 17.2 Å². The molecule has 0 bridgehead atoms. The number of ether oxygens (including phenoxy) is 1. The Labute approximate surface area is 109 Å². The van der Waals surface area contributed by atoms with Crippen LogP contribution >= 0.6 is 23.2 Å². The monoisotopic (exact) mass is 270 g/mol. The van der Waals surface area contributed by atoms with Gasteiger partial charge in [-0.25, -0.2) is 4.39 Å². The van der Waals surface area contributed by atoms with Crippen molar-refractivity contribution in [2.75, 3.05) is 7.11 Å². The summed E-state index contributed by atoms with van der Waals surface area (Å²) in [4.78, 5) is 0. The maximum absolute atomic E-state index is 13.6. The molecule has 2 aromatic rings. The van der Waals surface area contributed by atoms with Gasteiger partial charge in [0, 0.05) is 11.1 Å². The van der Waals surface area contributed by atoms with E-state index in [0.29, 0.717) is 21.2 Å². The minimum atomic E-state index is -0.444. The van der Waals surface area contributed by atoms with Gasteiger partial charge < -0.3 is 4.74 Å². The predicted octanol–water partition coefficient (Wildman–Crippen LogP) is 4.81. The van der Waals surface area contributed by atoms with Gasteiger partial charge in [-0.15, -0.1) is 0 Å². The Bertz CT molecular complexity index is 535. The third kappa shape index (κ3) is 2.24. The zero-order chi connectivity index (χ0) is 12.4. The molecule has 2 rings (SSSR count). The summed E-state index contributed by atoms with van der Waals surface area (Å²) in [6.45, 7) is 0. The molecule has 88 valence electrons. The van der Waals surface area contributed by atoms with E-state index >= 15 is 0 Å². The van der Waals surface area contributed by atoms with Gasteiger partial charge in [-0.05, 0) is 18.2 Å². The molecule has 0 atom stereocenters. The Kier molecular flexibility index (Phi) is 3.55. The molecule has 0 heterocycles. The molecule has 0 spiro atoms. The van der Waals surface area contributed by atoms with Crippen molar-refractivity contribution in [3.05, 3.63) is 52.3 Å². The molecule has 0 unspecified atom stereocenters. The van der Waals surface area contributed by atoms with E-state index in [1.54, 1.807) is 30.3 Å². The number of para-hydroxylation sites is 1. The average molecular weight is 271 g/mol. The normalized spacial score (nSPS) is 10.4. The third-order valence-electron chi connectivity index (χ3n) is 2.40. The molecule has 0 amide bonds. The first kappa shape index (κ1) is 12.2. The molecule has 0 saturated heterocycles. The molecule has 17 heavy (non-hydrogen) atoms. The molecule has 0 aromatic heterocycles. The summed E-state index contributed by atoms with van der Waals surface area (Å²) < 4.78 is 18.6. The van der Waals surface area contributed by atoms with Crippen molar-refractivity contribution in [1.82, 2.24) is 0 Å². The van der Waals surface area contributed by atoms with E-state index in [2.05, 4.69) is 0 Å². The summed E-state index contributed by atoms with van der Waals surface area (Å²) in [6, 6.07) is 9.77. The van der Waals surface area contributed by atoms with Crippen LogP contribution in [0.4, 0.5) is 4.39 Å². The number of halogens is 3. The van der Waals surface area contributed by atoms with E-state index in [1.165, 1.54) is 13.2 Å². The highest BCUT2D eigenvalue weighted by atomic mass is 35.5. The number of methoxy groups -OCH3 is 1. The van der Waals surface area contributed by atoms with Crippen molar-refractivity contribution in [3.8, 4) is 16.9 Å². The van der Waals surface area contributed by atoms with Crippen LogP contribution in [0.15, 0.2) is 36.4 Å². The first-order valence-electron chi connectivity index (χ1n) is 4.92. The van der Waals surface area contributed by atoms with Crippen molar-refractivity contribution < 1.29 is 9.13 Å². The summed E-state index contributed by atoms with van der Waals surface area (Å²) in [5.74, 6) is -0.302. The van der Waals surface area contributed by atoms with Crippen molar-refractivity contribution in [1.29, 1.82) is 0 Å². The van der Waals surface area contributed by atoms with Crippen molar-refractivity contribution in [3.63, 3.8) is 0 Å². The van der Waals surface area contributed by atoms with E-state index in [4.69, 9.17) is 27.9 Å². The molecule has 0 fully saturated rings.